The lowest BCUT2D eigenvalue weighted by Crippen LogP contribution is -2.43. The number of amides is 2. The summed E-state index contributed by atoms with van der Waals surface area (Å²) in [6, 6.07) is 6.05. The Kier molecular flexibility index (Phi) is 6.60. The molecule has 0 saturated heterocycles. The highest BCUT2D eigenvalue weighted by Gasteiger charge is 2.26. The summed E-state index contributed by atoms with van der Waals surface area (Å²) < 4.78 is 25.4. The topological polar surface area (TPSA) is 116 Å². The molecule has 0 atom stereocenters. The van der Waals surface area contributed by atoms with Gasteiger partial charge in [0.1, 0.15) is 0 Å². The third-order valence-electron chi connectivity index (χ3n) is 4.54. The van der Waals surface area contributed by atoms with E-state index in [0.29, 0.717) is 31.2 Å². The Balaban J connectivity index is 1.86. The third kappa shape index (κ3) is 5.18. The molecule has 0 unspecified atom stereocenters. The van der Waals surface area contributed by atoms with Gasteiger partial charge in [-0.3, -0.25) is 4.79 Å². The fraction of sp³-hybridized carbons (Fsp3) is 0.529. The van der Waals surface area contributed by atoms with E-state index < -0.39 is 16.0 Å². The van der Waals surface area contributed by atoms with Crippen molar-refractivity contribution in [1.29, 1.82) is 0 Å². The van der Waals surface area contributed by atoms with E-state index in [1.807, 2.05) is 0 Å². The van der Waals surface area contributed by atoms with Crippen molar-refractivity contribution in [2.45, 2.75) is 43.2 Å². The molecule has 0 bridgehead atoms. The van der Waals surface area contributed by atoms with Crippen LogP contribution in [-0.2, 0) is 21.4 Å². The van der Waals surface area contributed by atoms with E-state index in [0.717, 1.165) is 4.31 Å². The van der Waals surface area contributed by atoms with Gasteiger partial charge in [0.2, 0.25) is 10.0 Å². The van der Waals surface area contributed by atoms with Crippen LogP contribution in [0.5, 0.6) is 0 Å². The Morgan fingerprint density at radius 3 is 2.42 bits per heavy atom. The molecule has 0 spiro atoms. The lowest BCUT2D eigenvalue weighted by atomic mass is 9.86. The molecule has 1 saturated carbocycles. The molecule has 1 aromatic carbocycles. The van der Waals surface area contributed by atoms with Crippen LogP contribution < -0.4 is 10.6 Å². The number of nitrogens with one attached hydrogen (secondary N) is 2. The molecular formula is C17H25N3O5S. The van der Waals surface area contributed by atoms with Crippen LogP contribution in [-0.4, -0.2) is 50.0 Å². The number of carboxylic acid groups (broad SMARTS) is 1. The van der Waals surface area contributed by atoms with Crippen molar-refractivity contribution in [3.05, 3.63) is 29.8 Å². The van der Waals surface area contributed by atoms with E-state index in [1.54, 1.807) is 12.1 Å². The van der Waals surface area contributed by atoms with Gasteiger partial charge in [0, 0.05) is 26.7 Å². The first kappa shape index (κ1) is 20.2. The van der Waals surface area contributed by atoms with Crippen LogP contribution in [0.4, 0.5) is 4.79 Å². The number of carbonyl (C=O) groups is 2. The summed E-state index contributed by atoms with van der Waals surface area (Å²) in [5, 5.41) is 14.5. The van der Waals surface area contributed by atoms with Gasteiger partial charge in [-0.25, -0.2) is 17.5 Å². The van der Waals surface area contributed by atoms with Crippen LogP contribution in [0, 0.1) is 5.92 Å². The maximum atomic E-state index is 12.1. The number of carboxylic acids is 1. The number of hydrogen-bond donors (Lipinski definition) is 3. The quantitative estimate of drug-likeness (QED) is 0.686. The number of benzene rings is 1. The second kappa shape index (κ2) is 8.50. The number of rotatable bonds is 6. The van der Waals surface area contributed by atoms with Gasteiger partial charge < -0.3 is 15.7 Å². The number of nitrogens with zero attached hydrogens (tertiary/aromatic N) is 1. The molecule has 9 heteroatoms. The number of sulfonamides is 1. The zero-order valence-corrected chi connectivity index (χ0v) is 15.8. The lowest BCUT2D eigenvalue weighted by Gasteiger charge is -2.26. The summed E-state index contributed by atoms with van der Waals surface area (Å²) in [6.07, 6.45) is 2.40. The maximum absolute atomic E-state index is 12.1. The summed E-state index contributed by atoms with van der Waals surface area (Å²) in [5.74, 6) is -1.10. The summed E-state index contributed by atoms with van der Waals surface area (Å²) in [4.78, 5) is 23.1. The second-order valence-electron chi connectivity index (χ2n) is 6.65. The van der Waals surface area contributed by atoms with E-state index in [4.69, 9.17) is 5.11 Å². The summed E-state index contributed by atoms with van der Waals surface area (Å²) in [6.45, 7) is 0.201. The van der Waals surface area contributed by atoms with Crippen LogP contribution in [0.3, 0.4) is 0 Å². The molecular weight excluding hydrogens is 358 g/mol. The highest BCUT2D eigenvalue weighted by Crippen LogP contribution is 2.24. The Morgan fingerprint density at radius 2 is 1.85 bits per heavy atom. The van der Waals surface area contributed by atoms with E-state index in [1.165, 1.54) is 26.2 Å². The van der Waals surface area contributed by atoms with Gasteiger partial charge in [-0.1, -0.05) is 12.1 Å². The Labute approximate surface area is 153 Å². The molecule has 3 N–H and O–H groups in total. The number of carbonyl (C=O) groups excluding carboxylic acids is 1. The van der Waals surface area contributed by atoms with Crippen molar-refractivity contribution in [2.75, 3.05) is 14.1 Å². The fourth-order valence-corrected chi connectivity index (χ4v) is 3.90. The van der Waals surface area contributed by atoms with Gasteiger partial charge >= 0.3 is 12.0 Å². The van der Waals surface area contributed by atoms with E-state index in [9.17, 15) is 18.0 Å². The predicted molar refractivity (Wildman–Crippen MR) is 96.1 cm³/mol. The molecule has 2 amide bonds. The molecule has 1 aliphatic carbocycles. The minimum Gasteiger partial charge on any atom is -0.481 e. The maximum Gasteiger partial charge on any atom is 0.315 e. The number of urea groups is 1. The second-order valence-corrected chi connectivity index (χ2v) is 8.80. The summed E-state index contributed by atoms with van der Waals surface area (Å²) >= 11 is 0. The van der Waals surface area contributed by atoms with E-state index >= 15 is 0 Å². The van der Waals surface area contributed by atoms with Crippen molar-refractivity contribution in [1.82, 2.24) is 14.9 Å². The first-order valence-electron chi connectivity index (χ1n) is 8.49. The molecule has 144 valence electrons. The number of aliphatic carboxylic acids is 1. The molecule has 0 aliphatic heterocycles. The average Bonchev–Trinajstić information content (AvgIpc) is 2.60. The van der Waals surface area contributed by atoms with Crippen LogP contribution in [0.15, 0.2) is 29.2 Å². The Hall–Kier alpha value is -2.13. The Morgan fingerprint density at radius 1 is 1.19 bits per heavy atom. The normalized spacial score (nSPS) is 20.6. The minimum atomic E-state index is -3.52. The molecule has 0 radical (unpaired) electrons. The molecule has 26 heavy (non-hydrogen) atoms. The first-order valence-corrected chi connectivity index (χ1v) is 9.93. The summed E-state index contributed by atoms with van der Waals surface area (Å²) in [7, 11) is -0.586. The molecule has 0 aromatic heterocycles. The molecule has 1 fully saturated rings. The van der Waals surface area contributed by atoms with E-state index in [-0.39, 0.29) is 29.4 Å². The largest absolute Gasteiger partial charge is 0.481 e. The number of hydrogen-bond acceptors (Lipinski definition) is 4. The van der Waals surface area contributed by atoms with Crippen LogP contribution in [0.2, 0.25) is 0 Å². The molecule has 8 nitrogen and oxygen atoms in total. The zero-order chi connectivity index (χ0) is 19.3. The standard InChI is InChI=1S/C17H25N3O5S/c1-20(2)26(24,25)15-5-3-4-12(10-15)11-18-17(23)19-14-8-6-13(7-9-14)16(21)22/h3-5,10,13-14H,6-9,11H2,1-2H3,(H,21,22)(H2,18,19,23). The lowest BCUT2D eigenvalue weighted by molar-refractivity contribution is -0.142. The average molecular weight is 383 g/mol. The molecule has 1 aromatic rings. The van der Waals surface area contributed by atoms with Gasteiger partial charge in [-0.15, -0.1) is 0 Å². The molecule has 2 rings (SSSR count). The van der Waals surface area contributed by atoms with Gasteiger partial charge in [-0.05, 0) is 43.4 Å². The van der Waals surface area contributed by atoms with Gasteiger partial charge in [0.15, 0.2) is 0 Å². The first-order chi connectivity index (χ1) is 12.2. The Bertz CT molecular complexity index is 755. The monoisotopic (exact) mass is 383 g/mol. The van der Waals surface area contributed by atoms with Crippen LogP contribution in [0.1, 0.15) is 31.2 Å². The van der Waals surface area contributed by atoms with Crippen LogP contribution >= 0.6 is 0 Å². The smallest absolute Gasteiger partial charge is 0.315 e. The molecule has 1 aliphatic rings. The zero-order valence-electron chi connectivity index (χ0n) is 14.9. The third-order valence-corrected chi connectivity index (χ3v) is 6.35. The van der Waals surface area contributed by atoms with Crippen molar-refractivity contribution in [3.63, 3.8) is 0 Å². The van der Waals surface area contributed by atoms with Gasteiger partial charge in [-0.2, -0.15) is 0 Å². The van der Waals surface area contributed by atoms with E-state index in [2.05, 4.69) is 10.6 Å². The van der Waals surface area contributed by atoms with Crippen molar-refractivity contribution in [3.8, 4) is 0 Å². The summed E-state index contributed by atoms with van der Waals surface area (Å²) in [5.41, 5.74) is 0.678. The van der Waals surface area contributed by atoms with Crippen molar-refractivity contribution in [2.24, 2.45) is 5.92 Å². The minimum absolute atomic E-state index is 0.0361. The highest BCUT2D eigenvalue weighted by molar-refractivity contribution is 7.89. The van der Waals surface area contributed by atoms with Gasteiger partial charge in [0.25, 0.3) is 0 Å². The van der Waals surface area contributed by atoms with Crippen molar-refractivity contribution >= 4 is 22.0 Å². The van der Waals surface area contributed by atoms with Crippen LogP contribution in [0.25, 0.3) is 0 Å². The van der Waals surface area contributed by atoms with Crippen molar-refractivity contribution < 1.29 is 23.1 Å². The molecule has 0 heterocycles. The SMILES string of the molecule is CN(C)S(=O)(=O)c1cccc(CNC(=O)NC2CCC(C(=O)O)CC2)c1. The fourth-order valence-electron chi connectivity index (χ4n) is 2.93. The van der Waals surface area contributed by atoms with Gasteiger partial charge in [0.05, 0.1) is 10.8 Å². The highest BCUT2D eigenvalue weighted by atomic mass is 32.2. The predicted octanol–water partition coefficient (Wildman–Crippen LogP) is 1.38.